The average Bonchev–Trinajstić information content (AvgIpc) is 2.90. The van der Waals surface area contributed by atoms with E-state index >= 15 is 0 Å². The van der Waals surface area contributed by atoms with Crippen molar-refractivity contribution in [2.75, 3.05) is 32.7 Å². The lowest BCUT2D eigenvalue weighted by Crippen LogP contribution is -2.61. The molecule has 8 heteroatoms. The third-order valence-electron chi connectivity index (χ3n) is 3.76. The first-order valence-corrected chi connectivity index (χ1v) is 6.59. The molecule has 0 bridgehead atoms. The first-order chi connectivity index (χ1) is 8.54. The zero-order valence-corrected chi connectivity index (χ0v) is 13.2. The smallest absolute Gasteiger partial charge is 0.222 e. The number of carbonyl (C=O) groups excluding carboxylic acids is 2. The number of halogens is 2. The highest BCUT2D eigenvalue weighted by Crippen LogP contribution is 2.17. The van der Waals surface area contributed by atoms with Gasteiger partial charge in [0.1, 0.15) is 0 Å². The molecule has 2 aliphatic rings. The molecule has 2 amide bonds. The van der Waals surface area contributed by atoms with Gasteiger partial charge < -0.3 is 21.3 Å². The predicted octanol–water partition coefficient (Wildman–Crippen LogP) is -0.269. The molecule has 0 aromatic rings. The van der Waals surface area contributed by atoms with E-state index in [4.69, 9.17) is 11.5 Å². The zero-order valence-electron chi connectivity index (χ0n) is 11.5. The molecular weight excluding hydrogens is 303 g/mol. The number of likely N-dealkylation sites (tertiary alicyclic amines) is 2. The Bertz CT molecular complexity index is 326. The molecule has 0 spiro atoms. The summed E-state index contributed by atoms with van der Waals surface area (Å²) in [6.07, 6.45) is 2.98. The fraction of sp³-hybridized carbons (Fsp3) is 0.833. The standard InChI is InChI=1S/C12H22N4O2.2ClH/c13-7-12(14,8-15-5-1-3-10(15)17)9-16-6-2-4-11(16)18;;/h1-9,13-14H2;2*1H. The van der Waals surface area contributed by atoms with Crippen LogP contribution in [-0.4, -0.2) is 59.9 Å². The molecule has 0 saturated carbocycles. The third-order valence-corrected chi connectivity index (χ3v) is 3.76. The highest BCUT2D eigenvalue weighted by atomic mass is 35.5. The molecule has 2 saturated heterocycles. The van der Waals surface area contributed by atoms with Crippen molar-refractivity contribution in [1.82, 2.24) is 9.80 Å². The van der Waals surface area contributed by atoms with Gasteiger partial charge in [0.05, 0.1) is 5.54 Å². The molecule has 2 rings (SSSR count). The van der Waals surface area contributed by atoms with E-state index in [1.165, 1.54) is 0 Å². The molecule has 0 aromatic carbocycles. The summed E-state index contributed by atoms with van der Waals surface area (Å²) < 4.78 is 0. The molecule has 6 nitrogen and oxygen atoms in total. The van der Waals surface area contributed by atoms with E-state index in [1.54, 1.807) is 9.80 Å². The summed E-state index contributed by atoms with van der Waals surface area (Å²) in [6, 6.07) is 0. The largest absolute Gasteiger partial charge is 0.341 e. The summed E-state index contributed by atoms with van der Waals surface area (Å²) in [5.74, 6) is 0.289. The molecule has 0 atom stereocenters. The van der Waals surface area contributed by atoms with Gasteiger partial charge in [-0.3, -0.25) is 9.59 Å². The van der Waals surface area contributed by atoms with Gasteiger partial charge in [0.25, 0.3) is 0 Å². The number of nitrogens with zero attached hydrogens (tertiary/aromatic N) is 2. The van der Waals surface area contributed by atoms with Crippen LogP contribution in [0.2, 0.25) is 0 Å². The Kier molecular flexibility index (Phi) is 7.80. The summed E-state index contributed by atoms with van der Waals surface area (Å²) in [5.41, 5.74) is 11.3. The van der Waals surface area contributed by atoms with Crippen LogP contribution in [0.3, 0.4) is 0 Å². The summed E-state index contributed by atoms with van der Waals surface area (Å²) >= 11 is 0. The monoisotopic (exact) mass is 326 g/mol. The topological polar surface area (TPSA) is 92.7 Å². The van der Waals surface area contributed by atoms with Crippen LogP contribution in [0.15, 0.2) is 0 Å². The molecule has 2 fully saturated rings. The molecule has 0 aliphatic carbocycles. The summed E-state index contributed by atoms with van der Waals surface area (Å²) in [6.45, 7) is 2.69. The lowest BCUT2D eigenvalue weighted by atomic mass is 9.99. The van der Waals surface area contributed by atoms with Crippen LogP contribution in [0.5, 0.6) is 0 Å². The van der Waals surface area contributed by atoms with Gasteiger partial charge in [-0.15, -0.1) is 24.8 Å². The van der Waals surface area contributed by atoms with Crippen LogP contribution in [0, 0.1) is 0 Å². The maximum Gasteiger partial charge on any atom is 0.222 e. The van der Waals surface area contributed by atoms with Crippen molar-refractivity contribution >= 4 is 36.6 Å². The Morgan fingerprint density at radius 1 is 0.950 bits per heavy atom. The molecule has 118 valence electrons. The van der Waals surface area contributed by atoms with Crippen LogP contribution in [0.1, 0.15) is 25.7 Å². The number of hydrogen-bond donors (Lipinski definition) is 2. The second-order valence-electron chi connectivity index (χ2n) is 5.40. The Hall–Kier alpha value is -0.560. The van der Waals surface area contributed by atoms with Crippen LogP contribution in [0.4, 0.5) is 0 Å². The third kappa shape index (κ3) is 4.48. The number of carbonyl (C=O) groups is 2. The predicted molar refractivity (Wildman–Crippen MR) is 82.1 cm³/mol. The molecular formula is C12H24Cl2N4O2. The van der Waals surface area contributed by atoms with Crippen LogP contribution < -0.4 is 11.5 Å². The summed E-state index contributed by atoms with van der Waals surface area (Å²) in [4.78, 5) is 26.8. The van der Waals surface area contributed by atoms with Crippen LogP contribution in [-0.2, 0) is 9.59 Å². The first kappa shape index (κ1) is 19.4. The number of amides is 2. The number of hydrogen-bond acceptors (Lipinski definition) is 4. The minimum atomic E-state index is -0.681. The Morgan fingerprint density at radius 3 is 1.60 bits per heavy atom. The Morgan fingerprint density at radius 2 is 1.35 bits per heavy atom. The van der Waals surface area contributed by atoms with Crippen molar-refractivity contribution in [1.29, 1.82) is 0 Å². The highest BCUT2D eigenvalue weighted by Gasteiger charge is 2.35. The lowest BCUT2D eigenvalue weighted by molar-refractivity contribution is -0.129. The van der Waals surface area contributed by atoms with Crippen molar-refractivity contribution in [2.24, 2.45) is 11.5 Å². The normalized spacial score (nSPS) is 19.1. The second kappa shape index (κ2) is 8.02. The van der Waals surface area contributed by atoms with E-state index in [-0.39, 0.29) is 43.2 Å². The lowest BCUT2D eigenvalue weighted by Gasteiger charge is -2.35. The van der Waals surface area contributed by atoms with E-state index in [2.05, 4.69) is 0 Å². The quantitative estimate of drug-likeness (QED) is 0.727. The second-order valence-corrected chi connectivity index (χ2v) is 5.40. The highest BCUT2D eigenvalue weighted by molar-refractivity contribution is 5.85. The fourth-order valence-corrected chi connectivity index (χ4v) is 2.68. The Labute approximate surface area is 132 Å². The minimum absolute atomic E-state index is 0. The van der Waals surface area contributed by atoms with Gasteiger partial charge in [-0.2, -0.15) is 0 Å². The van der Waals surface area contributed by atoms with Crippen molar-refractivity contribution < 1.29 is 9.59 Å². The van der Waals surface area contributed by atoms with Gasteiger partial charge in [0, 0.05) is 45.6 Å². The first-order valence-electron chi connectivity index (χ1n) is 6.59. The van der Waals surface area contributed by atoms with Crippen LogP contribution >= 0.6 is 24.8 Å². The van der Waals surface area contributed by atoms with Crippen molar-refractivity contribution in [2.45, 2.75) is 31.2 Å². The molecule has 0 radical (unpaired) electrons. The molecule has 0 unspecified atom stereocenters. The maximum atomic E-state index is 11.6. The molecule has 2 heterocycles. The molecule has 20 heavy (non-hydrogen) atoms. The maximum absolute atomic E-state index is 11.6. The molecule has 0 aromatic heterocycles. The van der Waals surface area contributed by atoms with Crippen molar-refractivity contribution in [3.63, 3.8) is 0 Å². The zero-order chi connectivity index (χ0) is 13.2. The van der Waals surface area contributed by atoms with Gasteiger partial charge in [-0.1, -0.05) is 0 Å². The van der Waals surface area contributed by atoms with Crippen molar-refractivity contribution in [3.05, 3.63) is 0 Å². The number of rotatable bonds is 5. The van der Waals surface area contributed by atoms with Crippen molar-refractivity contribution in [3.8, 4) is 0 Å². The fourth-order valence-electron chi connectivity index (χ4n) is 2.68. The van der Waals surface area contributed by atoms with Gasteiger partial charge >= 0.3 is 0 Å². The van der Waals surface area contributed by atoms with Gasteiger partial charge in [-0.25, -0.2) is 0 Å². The van der Waals surface area contributed by atoms with Crippen LogP contribution in [0.25, 0.3) is 0 Å². The van der Waals surface area contributed by atoms with Gasteiger partial charge in [0.15, 0.2) is 0 Å². The summed E-state index contributed by atoms with van der Waals surface area (Å²) in [7, 11) is 0. The molecule has 2 aliphatic heterocycles. The van der Waals surface area contributed by atoms with E-state index in [0.717, 1.165) is 25.9 Å². The number of nitrogens with two attached hydrogens (primary N) is 2. The van der Waals surface area contributed by atoms with E-state index in [1.807, 2.05) is 0 Å². The van der Waals surface area contributed by atoms with E-state index in [0.29, 0.717) is 25.9 Å². The SMILES string of the molecule is Cl.Cl.NCC(N)(CN1CCCC1=O)CN1CCCC1=O. The molecule has 4 N–H and O–H groups in total. The summed E-state index contributed by atoms with van der Waals surface area (Å²) in [5, 5.41) is 0. The van der Waals surface area contributed by atoms with Gasteiger partial charge in [0.2, 0.25) is 11.8 Å². The average molecular weight is 327 g/mol. The Balaban J connectivity index is 0.00000180. The van der Waals surface area contributed by atoms with Gasteiger partial charge in [-0.05, 0) is 12.8 Å². The van der Waals surface area contributed by atoms with E-state index in [9.17, 15) is 9.59 Å². The van der Waals surface area contributed by atoms with E-state index < -0.39 is 5.54 Å². The minimum Gasteiger partial charge on any atom is -0.341 e.